The standard InChI is InChI=1S/C16H21F3N2O/c17-16(18,19)13-6-5-7-14(12-13)20-15(22)8-11-21-9-3-1-2-4-10-21/h5-7,12H,1-4,8-11H2,(H,20,22). The van der Waals surface area contributed by atoms with Gasteiger partial charge in [0.25, 0.3) is 0 Å². The summed E-state index contributed by atoms with van der Waals surface area (Å²) in [7, 11) is 0. The van der Waals surface area contributed by atoms with Crippen LogP contribution in [-0.4, -0.2) is 30.4 Å². The van der Waals surface area contributed by atoms with Crippen LogP contribution in [0.2, 0.25) is 0 Å². The molecule has 1 N–H and O–H groups in total. The maximum atomic E-state index is 12.6. The van der Waals surface area contributed by atoms with E-state index < -0.39 is 11.7 Å². The first-order valence-electron chi connectivity index (χ1n) is 7.64. The number of anilines is 1. The van der Waals surface area contributed by atoms with Gasteiger partial charge in [0, 0.05) is 18.7 Å². The lowest BCUT2D eigenvalue weighted by Gasteiger charge is -2.19. The van der Waals surface area contributed by atoms with E-state index in [1.54, 1.807) is 0 Å². The quantitative estimate of drug-likeness (QED) is 0.914. The van der Waals surface area contributed by atoms with E-state index in [0.29, 0.717) is 13.0 Å². The SMILES string of the molecule is O=C(CCN1CCCCCC1)Nc1cccc(C(F)(F)F)c1. The van der Waals surface area contributed by atoms with E-state index in [2.05, 4.69) is 10.2 Å². The Morgan fingerprint density at radius 3 is 2.45 bits per heavy atom. The Morgan fingerprint density at radius 2 is 1.82 bits per heavy atom. The average molecular weight is 314 g/mol. The molecule has 1 aromatic carbocycles. The number of rotatable bonds is 4. The van der Waals surface area contributed by atoms with Crippen LogP contribution in [0, 0.1) is 0 Å². The minimum Gasteiger partial charge on any atom is -0.326 e. The van der Waals surface area contributed by atoms with Crippen molar-refractivity contribution in [1.82, 2.24) is 4.90 Å². The number of alkyl halides is 3. The lowest BCUT2D eigenvalue weighted by atomic mass is 10.2. The summed E-state index contributed by atoms with van der Waals surface area (Å²) in [6.07, 6.45) is 0.660. The highest BCUT2D eigenvalue weighted by Gasteiger charge is 2.30. The van der Waals surface area contributed by atoms with Gasteiger partial charge in [-0.15, -0.1) is 0 Å². The summed E-state index contributed by atoms with van der Waals surface area (Å²) in [5.74, 6) is -0.247. The number of hydrogen-bond donors (Lipinski definition) is 1. The second-order valence-corrected chi connectivity index (χ2v) is 5.63. The highest BCUT2D eigenvalue weighted by Crippen LogP contribution is 2.30. The molecule has 2 rings (SSSR count). The van der Waals surface area contributed by atoms with E-state index in [1.165, 1.54) is 25.0 Å². The van der Waals surface area contributed by atoms with Crippen LogP contribution in [0.25, 0.3) is 0 Å². The van der Waals surface area contributed by atoms with Crippen LogP contribution in [0.1, 0.15) is 37.7 Å². The van der Waals surface area contributed by atoms with Crippen molar-refractivity contribution in [3.63, 3.8) is 0 Å². The molecular formula is C16H21F3N2O. The lowest BCUT2D eigenvalue weighted by molar-refractivity contribution is -0.137. The number of likely N-dealkylation sites (tertiary alicyclic amines) is 1. The van der Waals surface area contributed by atoms with Crippen molar-refractivity contribution in [2.24, 2.45) is 0 Å². The van der Waals surface area contributed by atoms with Gasteiger partial charge in [-0.1, -0.05) is 18.9 Å². The molecule has 6 heteroatoms. The maximum absolute atomic E-state index is 12.6. The predicted octanol–water partition coefficient (Wildman–Crippen LogP) is 3.91. The smallest absolute Gasteiger partial charge is 0.326 e. The van der Waals surface area contributed by atoms with Gasteiger partial charge in [-0.25, -0.2) is 0 Å². The Hall–Kier alpha value is -1.56. The van der Waals surface area contributed by atoms with Crippen LogP contribution in [-0.2, 0) is 11.0 Å². The van der Waals surface area contributed by atoms with Crippen LogP contribution in [0.15, 0.2) is 24.3 Å². The topological polar surface area (TPSA) is 32.3 Å². The predicted molar refractivity (Wildman–Crippen MR) is 79.6 cm³/mol. The molecule has 0 spiro atoms. The van der Waals surface area contributed by atoms with Crippen molar-refractivity contribution in [2.75, 3.05) is 25.0 Å². The van der Waals surface area contributed by atoms with Gasteiger partial charge >= 0.3 is 6.18 Å². The van der Waals surface area contributed by atoms with Crippen LogP contribution < -0.4 is 5.32 Å². The Morgan fingerprint density at radius 1 is 1.14 bits per heavy atom. The van der Waals surface area contributed by atoms with Gasteiger partial charge in [-0.2, -0.15) is 13.2 Å². The van der Waals surface area contributed by atoms with Crippen molar-refractivity contribution in [1.29, 1.82) is 0 Å². The molecule has 0 saturated carbocycles. The van der Waals surface area contributed by atoms with Crippen molar-refractivity contribution in [3.05, 3.63) is 29.8 Å². The van der Waals surface area contributed by atoms with Crippen molar-refractivity contribution < 1.29 is 18.0 Å². The number of nitrogens with zero attached hydrogens (tertiary/aromatic N) is 1. The zero-order valence-electron chi connectivity index (χ0n) is 12.5. The van der Waals surface area contributed by atoms with Gasteiger partial charge in [0.1, 0.15) is 0 Å². The van der Waals surface area contributed by atoms with Crippen molar-refractivity contribution >= 4 is 11.6 Å². The number of halogens is 3. The summed E-state index contributed by atoms with van der Waals surface area (Å²) >= 11 is 0. The molecule has 22 heavy (non-hydrogen) atoms. The zero-order chi connectivity index (χ0) is 16.0. The van der Waals surface area contributed by atoms with Gasteiger partial charge in [-0.05, 0) is 44.1 Å². The second-order valence-electron chi connectivity index (χ2n) is 5.63. The zero-order valence-corrected chi connectivity index (χ0v) is 12.5. The Bertz CT molecular complexity index is 494. The number of amides is 1. The van der Waals surface area contributed by atoms with Crippen LogP contribution in [0.4, 0.5) is 18.9 Å². The third kappa shape index (κ3) is 5.33. The van der Waals surface area contributed by atoms with Gasteiger partial charge in [-0.3, -0.25) is 4.79 Å². The van der Waals surface area contributed by atoms with E-state index >= 15 is 0 Å². The third-order valence-electron chi connectivity index (χ3n) is 3.83. The Kier molecular flexibility index (Phi) is 5.83. The van der Waals surface area contributed by atoms with Crippen LogP contribution in [0.5, 0.6) is 0 Å². The first kappa shape index (κ1) is 16.8. The lowest BCUT2D eigenvalue weighted by Crippen LogP contribution is -2.28. The van der Waals surface area contributed by atoms with Crippen LogP contribution >= 0.6 is 0 Å². The summed E-state index contributed by atoms with van der Waals surface area (Å²) in [6.45, 7) is 2.65. The molecule has 0 aliphatic carbocycles. The maximum Gasteiger partial charge on any atom is 0.416 e. The molecule has 0 bridgehead atoms. The molecule has 1 fully saturated rings. The van der Waals surface area contributed by atoms with E-state index in [-0.39, 0.29) is 11.6 Å². The number of nitrogens with one attached hydrogen (secondary N) is 1. The van der Waals surface area contributed by atoms with Crippen molar-refractivity contribution in [2.45, 2.75) is 38.3 Å². The number of benzene rings is 1. The molecule has 1 aliphatic heterocycles. The Balaban J connectivity index is 1.84. The molecule has 1 heterocycles. The summed E-state index contributed by atoms with van der Waals surface area (Å²) in [5, 5.41) is 2.54. The minimum absolute atomic E-state index is 0.190. The van der Waals surface area contributed by atoms with Gasteiger partial charge in [0.2, 0.25) is 5.91 Å². The molecule has 3 nitrogen and oxygen atoms in total. The fraction of sp³-hybridized carbons (Fsp3) is 0.562. The molecular weight excluding hydrogens is 293 g/mol. The normalized spacial score (nSPS) is 17.0. The van der Waals surface area contributed by atoms with Crippen LogP contribution in [0.3, 0.4) is 0 Å². The second kappa shape index (κ2) is 7.63. The fourth-order valence-corrected chi connectivity index (χ4v) is 2.62. The molecule has 1 aromatic rings. The summed E-state index contributed by atoms with van der Waals surface area (Å²) in [5.41, 5.74) is -0.562. The minimum atomic E-state index is -4.40. The monoisotopic (exact) mass is 314 g/mol. The number of carbonyl (C=O) groups is 1. The molecule has 0 unspecified atom stereocenters. The molecule has 1 saturated heterocycles. The highest BCUT2D eigenvalue weighted by atomic mass is 19.4. The summed E-state index contributed by atoms with van der Waals surface area (Å²) in [6, 6.07) is 4.73. The number of carbonyl (C=O) groups excluding carboxylic acids is 1. The summed E-state index contributed by atoms with van der Waals surface area (Å²) in [4.78, 5) is 14.1. The molecule has 0 radical (unpaired) electrons. The first-order valence-corrected chi connectivity index (χ1v) is 7.64. The molecule has 1 aliphatic rings. The van der Waals surface area contributed by atoms with E-state index in [9.17, 15) is 18.0 Å². The Labute approximate surface area is 128 Å². The molecule has 0 atom stereocenters. The van der Waals surface area contributed by atoms with E-state index in [4.69, 9.17) is 0 Å². The first-order chi connectivity index (χ1) is 10.4. The largest absolute Gasteiger partial charge is 0.416 e. The average Bonchev–Trinajstić information content (AvgIpc) is 2.73. The summed E-state index contributed by atoms with van der Waals surface area (Å²) < 4.78 is 37.8. The van der Waals surface area contributed by atoms with Gasteiger partial charge < -0.3 is 10.2 Å². The molecule has 122 valence electrons. The van der Waals surface area contributed by atoms with E-state index in [1.807, 2.05) is 0 Å². The third-order valence-corrected chi connectivity index (χ3v) is 3.83. The van der Waals surface area contributed by atoms with E-state index in [0.717, 1.165) is 38.1 Å². The molecule has 0 aromatic heterocycles. The molecule has 1 amide bonds. The highest BCUT2D eigenvalue weighted by molar-refractivity contribution is 5.90. The van der Waals surface area contributed by atoms with Gasteiger partial charge in [0.15, 0.2) is 0 Å². The van der Waals surface area contributed by atoms with Gasteiger partial charge in [0.05, 0.1) is 5.56 Å². The van der Waals surface area contributed by atoms with Crippen molar-refractivity contribution in [3.8, 4) is 0 Å². The number of hydrogen-bond acceptors (Lipinski definition) is 2. The fourth-order valence-electron chi connectivity index (χ4n) is 2.62.